The van der Waals surface area contributed by atoms with Crippen molar-refractivity contribution in [2.75, 3.05) is 13.7 Å². The maximum absolute atomic E-state index is 11.5. The van der Waals surface area contributed by atoms with Gasteiger partial charge in [-0.05, 0) is 31.2 Å². The maximum atomic E-state index is 11.5. The van der Waals surface area contributed by atoms with Gasteiger partial charge in [-0.25, -0.2) is 4.98 Å². The largest absolute Gasteiger partial charge is 0.497 e. The number of ether oxygens (including phenoxy) is 1. The van der Waals surface area contributed by atoms with Crippen molar-refractivity contribution in [3.63, 3.8) is 0 Å². The summed E-state index contributed by atoms with van der Waals surface area (Å²) in [7, 11) is 1.63. The zero-order valence-electron chi connectivity index (χ0n) is 13.5. The smallest absolute Gasteiger partial charge is 0.226 e. The summed E-state index contributed by atoms with van der Waals surface area (Å²) < 4.78 is 10.9. The van der Waals surface area contributed by atoms with Crippen molar-refractivity contribution in [2.24, 2.45) is 5.92 Å². The highest BCUT2D eigenvalue weighted by Crippen LogP contribution is 2.24. The molecular weight excluding hydrogens is 280 g/mol. The van der Waals surface area contributed by atoms with E-state index in [4.69, 9.17) is 9.15 Å². The molecule has 1 N–H and O–H groups in total. The Labute approximate surface area is 130 Å². The molecule has 0 unspecified atom stereocenters. The summed E-state index contributed by atoms with van der Waals surface area (Å²) in [6.45, 7) is 6.20. The molecule has 0 spiro atoms. The van der Waals surface area contributed by atoms with Gasteiger partial charge in [0.05, 0.1) is 12.8 Å². The number of amides is 1. The molecule has 118 valence electrons. The van der Waals surface area contributed by atoms with Gasteiger partial charge < -0.3 is 14.5 Å². The van der Waals surface area contributed by atoms with Crippen LogP contribution >= 0.6 is 0 Å². The second-order valence-electron chi connectivity index (χ2n) is 5.45. The molecule has 0 fully saturated rings. The molecule has 0 aliphatic carbocycles. The number of oxazole rings is 1. The molecule has 5 heteroatoms. The van der Waals surface area contributed by atoms with Crippen LogP contribution in [0.15, 0.2) is 28.7 Å². The molecule has 2 rings (SSSR count). The SMILES string of the molecule is COc1ccc(-c2nc(CCNC(=O)C(C)C)c(C)o2)cc1. The van der Waals surface area contributed by atoms with Gasteiger partial charge >= 0.3 is 0 Å². The van der Waals surface area contributed by atoms with Crippen molar-refractivity contribution >= 4 is 5.91 Å². The predicted octanol–water partition coefficient (Wildman–Crippen LogP) is 2.97. The van der Waals surface area contributed by atoms with Crippen LogP contribution in [-0.4, -0.2) is 24.5 Å². The molecule has 0 aliphatic rings. The van der Waals surface area contributed by atoms with Crippen LogP contribution in [0.5, 0.6) is 5.75 Å². The Hall–Kier alpha value is -2.30. The van der Waals surface area contributed by atoms with Crippen molar-refractivity contribution in [3.8, 4) is 17.2 Å². The van der Waals surface area contributed by atoms with E-state index in [2.05, 4.69) is 10.3 Å². The van der Waals surface area contributed by atoms with E-state index in [1.165, 1.54) is 0 Å². The molecule has 1 aromatic heterocycles. The fourth-order valence-corrected chi connectivity index (χ4v) is 2.03. The topological polar surface area (TPSA) is 64.4 Å². The Morgan fingerprint density at radius 3 is 2.59 bits per heavy atom. The minimum Gasteiger partial charge on any atom is -0.497 e. The van der Waals surface area contributed by atoms with Crippen molar-refractivity contribution < 1.29 is 13.9 Å². The lowest BCUT2D eigenvalue weighted by Crippen LogP contribution is -2.29. The van der Waals surface area contributed by atoms with Crippen molar-refractivity contribution in [3.05, 3.63) is 35.7 Å². The highest BCUT2D eigenvalue weighted by molar-refractivity contribution is 5.77. The summed E-state index contributed by atoms with van der Waals surface area (Å²) >= 11 is 0. The molecule has 0 aliphatic heterocycles. The number of carbonyl (C=O) groups is 1. The Morgan fingerprint density at radius 2 is 2.00 bits per heavy atom. The molecule has 22 heavy (non-hydrogen) atoms. The first-order chi connectivity index (χ1) is 10.5. The summed E-state index contributed by atoms with van der Waals surface area (Å²) in [5.74, 6) is 2.21. The third-order valence-corrected chi connectivity index (χ3v) is 3.42. The zero-order valence-corrected chi connectivity index (χ0v) is 13.5. The molecule has 5 nitrogen and oxygen atoms in total. The third kappa shape index (κ3) is 3.87. The van der Waals surface area contributed by atoms with E-state index < -0.39 is 0 Å². The second-order valence-corrected chi connectivity index (χ2v) is 5.45. The van der Waals surface area contributed by atoms with Gasteiger partial charge in [0, 0.05) is 24.4 Å². The quantitative estimate of drug-likeness (QED) is 0.891. The van der Waals surface area contributed by atoms with E-state index >= 15 is 0 Å². The van der Waals surface area contributed by atoms with Crippen LogP contribution < -0.4 is 10.1 Å². The Bertz CT molecular complexity index is 630. The molecule has 2 aromatic rings. The van der Waals surface area contributed by atoms with Gasteiger partial charge in [0.2, 0.25) is 11.8 Å². The van der Waals surface area contributed by atoms with Crippen LogP contribution in [-0.2, 0) is 11.2 Å². The first kappa shape index (κ1) is 16.1. The monoisotopic (exact) mass is 302 g/mol. The number of aryl methyl sites for hydroxylation is 1. The number of nitrogens with one attached hydrogen (secondary N) is 1. The first-order valence-corrected chi connectivity index (χ1v) is 7.39. The highest BCUT2D eigenvalue weighted by Gasteiger charge is 2.12. The van der Waals surface area contributed by atoms with E-state index in [1.807, 2.05) is 45.0 Å². The average molecular weight is 302 g/mol. The number of benzene rings is 1. The molecule has 1 heterocycles. The number of methoxy groups -OCH3 is 1. The summed E-state index contributed by atoms with van der Waals surface area (Å²) in [4.78, 5) is 16.1. The molecule has 0 radical (unpaired) electrons. The van der Waals surface area contributed by atoms with Crippen LogP contribution in [0.1, 0.15) is 25.3 Å². The van der Waals surface area contributed by atoms with Gasteiger partial charge in [-0.2, -0.15) is 0 Å². The van der Waals surface area contributed by atoms with Crippen LogP contribution in [0, 0.1) is 12.8 Å². The number of hydrogen-bond donors (Lipinski definition) is 1. The summed E-state index contributed by atoms with van der Waals surface area (Å²) in [5, 5.41) is 2.88. The average Bonchev–Trinajstić information content (AvgIpc) is 2.88. The molecule has 0 bridgehead atoms. The van der Waals surface area contributed by atoms with E-state index in [0.29, 0.717) is 18.9 Å². The van der Waals surface area contributed by atoms with Crippen molar-refractivity contribution in [1.82, 2.24) is 10.3 Å². The highest BCUT2D eigenvalue weighted by atomic mass is 16.5. The normalized spacial score (nSPS) is 10.8. The Kier molecular flexibility index (Phi) is 5.20. The lowest BCUT2D eigenvalue weighted by molar-refractivity contribution is -0.123. The molecular formula is C17H22N2O3. The fourth-order valence-electron chi connectivity index (χ4n) is 2.03. The van der Waals surface area contributed by atoms with Crippen LogP contribution in [0.2, 0.25) is 0 Å². The Morgan fingerprint density at radius 1 is 1.32 bits per heavy atom. The minimum absolute atomic E-state index is 0.00624. The lowest BCUT2D eigenvalue weighted by atomic mass is 10.2. The second kappa shape index (κ2) is 7.11. The van der Waals surface area contributed by atoms with Crippen LogP contribution in [0.4, 0.5) is 0 Å². The maximum Gasteiger partial charge on any atom is 0.226 e. The van der Waals surface area contributed by atoms with Crippen LogP contribution in [0.3, 0.4) is 0 Å². The number of carbonyl (C=O) groups excluding carboxylic acids is 1. The van der Waals surface area contributed by atoms with E-state index in [0.717, 1.165) is 22.8 Å². The molecule has 1 aromatic carbocycles. The molecule has 0 saturated heterocycles. The van der Waals surface area contributed by atoms with Gasteiger partial charge in [-0.1, -0.05) is 13.8 Å². The van der Waals surface area contributed by atoms with E-state index in [1.54, 1.807) is 7.11 Å². The van der Waals surface area contributed by atoms with Gasteiger partial charge in [0.1, 0.15) is 11.5 Å². The third-order valence-electron chi connectivity index (χ3n) is 3.42. The first-order valence-electron chi connectivity index (χ1n) is 7.39. The summed E-state index contributed by atoms with van der Waals surface area (Å²) in [6, 6.07) is 7.57. The van der Waals surface area contributed by atoms with Crippen molar-refractivity contribution in [2.45, 2.75) is 27.2 Å². The van der Waals surface area contributed by atoms with Gasteiger partial charge in [0.25, 0.3) is 0 Å². The number of rotatable bonds is 6. The van der Waals surface area contributed by atoms with Crippen molar-refractivity contribution in [1.29, 1.82) is 0 Å². The number of hydrogen-bond acceptors (Lipinski definition) is 4. The molecule has 1 amide bonds. The summed E-state index contributed by atoms with van der Waals surface area (Å²) in [6.07, 6.45) is 0.657. The van der Waals surface area contributed by atoms with Gasteiger partial charge in [-0.15, -0.1) is 0 Å². The van der Waals surface area contributed by atoms with E-state index in [-0.39, 0.29) is 11.8 Å². The minimum atomic E-state index is -0.00624. The fraction of sp³-hybridized carbons (Fsp3) is 0.412. The van der Waals surface area contributed by atoms with Gasteiger partial charge in [-0.3, -0.25) is 4.79 Å². The van der Waals surface area contributed by atoms with Crippen LogP contribution in [0.25, 0.3) is 11.5 Å². The number of nitrogens with zero attached hydrogens (tertiary/aromatic N) is 1. The van der Waals surface area contributed by atoms with E-state index in [9.17, 15) is 4.79 Å². The van der Waals surface area contributed by atoms with Gasteiger partial charge in [0.15, 0.2) is 0 Å². The molecule has 0 saturated carbocycles. The lowest BCUT2D eigenvalue weighted by Gasteiger charge is -2.06. The standard InChI is InChI=1S/C17H22N2O3/c1-11(2)16(20)18-10-9-15-12(3)22-17(19-15)13-5-7-14(21-4)8-6-13/h5-8,11H,9-10H2,1-4H3,(H,18,20). The Balaban J connectivity index is 2.02. The summed E-state index contributed by atoms with van der Waals surface area (Å²) in [5.41, 5.74) is 1.77. The number of aromatic nitrogens is 1. The predicted molar refractivity (Wildman–Crippen MR) is 84.8 cm³/mol. The zero-order chi connectivity index (χ0) is 16.1. The molecule has 0 atom stereocenters.